The Bertz CT molecular complexity index is 1440. The van der Waals surface area contributed by atoms with Gasteiger partial charge in [0.05, 0.1) is 26.2 Å². The molecule has 6 fully saturated rings. The number of hydrogen-bond acceptors (Lipinski definition) is 10. The number of hydrogen-bond donors (Lipinski definition) is 0. The first kappa shape index (κ1) is 64.3. The van der Waals surface area contributed by atoms with E-state index in [1.807, 2.05) is 76.2 Å². The molecule has 0 N–H and O–H groups in total. The molecule has 4 aromatic rings. The van der Waals surface area contributed by atoms with Crippen LogP contribution in [0, 0.1) is 80.8 Å². The first-order valence-electron chi connectivity index (χ1n) is 24.4. The van der Waals surface area contributed by atoms with Crippen molar-refractivity contribution in [2.24, 2.45) is 20.0 Å². The van der Waals surface area contributed by atoms with Crippen LogP contribution < -0.4 is 19.9 Å². The second kappa shape index (κ2) is 46.3. The summed E-state index contributed by atoms with van der Waals surface area (Å²) in [6.45, 7) is 22.6. The Morgan fingerprint density at radius 1 is 0.324 bits per heavy atom. The maximum atomic E-state index is 4.94. The van der Waals surface area contributed by atoms with Crippen molar-refractivity contribution >= 4 is 22.8 Å². The van der Waals surface area contributed by atoms with Gasteiger partial charge in [-0.25, -0.2) is 0 Å². The fourth-order valence-electron chi connectivity index (χ4n) is 6.31. The minimum Gasteiger partial charge on any atom is -0.663 e. The van der Waals surface area contributed by atoms with Crippen LogP contribution in [0.25, 0.3) is 0 Å². The van der Waals surface area contributed by atoms with Gasteiger partial charge in [0.2, 0.25) is 0 Å². The van der Waals surface area contributed by atoms with E-state index in [4.69, 9.17) is 28.4 Å². The first-order valence-corrected chi connectivity index (χ1v) is 24.4. The third-order valence-corrected chi connectivity index (χ3v) is 10.3. The van der Waals surface area contributed by atoms with E-state index in [1.165, 1.54) is 77.0 Å². The smallest absolute Gasteiger partial charge is 0.0587 e. The van der Waals surface area contributed by atoms with Crippen LogP contribution in [-0.4, -0.2) is 128 Å². The SMILES string of the molecule is C1CCOC1.C1CCOC1.C1CCOC1.C1CCOC1.C1CCOC1.C1CCOC1.CC(=NCCN=C(C)c1ccc[n-]1)c1ccc[n-]1.CC(=NCCN=C(C)c1ccc[n-]1)c1ccc[n-]1.[Sm].[Sm]. The molecular formula is C52H80N8O6Sm2-4. The maximum absolute atomic E-state index is 4.94. The zero-order valence-corrected chi connectivity index (χ0v) is 46.8. The number of ether oxygens (including phenoxy) is 6. The molecule has 0 radical (unpaired) electrons. The van der Waals surface area contributed by atoms with E-state index in [0.29, 0.717) is 26.2 Å². The largest absolute Gasteiger partial charge is 0.663 e. The fourth-order valence-corrected chi connectivity index (χ4v) is 6.31. The molecule has 0 bridgehead atoms. The van der Waals surface area contributed by atoms with E-state index in [-0.39, 0.29) is 80.8 Å². The van der Waals surface area contributed by atoms with E-state index < -0.39 is 0 Å². The van der Waals surface area contributed by atoms with E-state index in [9.17, 15) is 0 Å². The molecule has 6 aliphatic heterocycles. The number of aromatic nitrogens is 4. The topological polar surface area (TPSA) is 161 Å². The number of nitrogens with zero attached hydrogens (tertiary/aromatic N) is 8. The average molecular weight is 1210 g/mol. The second-order valence-electron chi connectivity index (χ2n) is 15.9. The van der Waals surface area contributed by atoms with Crippen LogP contribution in [0.1, 0.15) is 128 Å². The summed E-state index contributed by atoms with van der Waals surface area (Å²) in [5, 5.41) is 0. The van der Waals surface area contributed by atoms with Crippen molar-refractivity contribution in [2.45, 2.75) is 105 Å². The van der Waals surface area contributed by atoms with Crippen LogP contribution in [0.3, 0.4) is 0 Å². The van der Waals surface area contributed by atoms with Crippen molar-refractivity contribution in [3.63, 3.8) is 0 Å². The molecule has 0 amide bonds. The molecule has 380 valence electrons. The van der Waals surface area contributed by atoms with E-state index >= 15 is 0 Å². The first-order chi connectivity index (χ1) is 32.5. The predicted molar refractivity (Wildman–Crippen MR) is 268 cm³/mol. The Morgan fingerprint density at radius 2 is 0.485 bits per heavy atom. The summed E-state index contributed by atoms with van der Waals surface area (Å²) in [6, 6.07) is 15.5. The molecule has 68 heavy (non-hydrogen) atoms. The molecule has 0 spiro atoms. The molecule has 6 saturated heterocycles. The summed E-state index contributed by atoms with van der Waals surface area (Å²) in [5.41, 5.74) is 7.58. The Hall–Kier alpha value is -1.76. The van der Waals surface area contributed by atoms with Gasteiger partial charge in [0.25, 0.3) is 0 Å². The van der Waals surface area contributed by atoms with Gasteiger partial charge in [0, 0.05) is 183 Å². The van der Waals surface area contributed by atoms with Gasteiger partial charge >= 0.3 is 0 Å². The van der Waals surface area contributed by atoms with Crippen LogP contribution in [0.4, 0.5) is 0 Å². The quantitative estimate of drug-likeness (QED) is 0.111. The van der Waals surface area contributed by atoms with Gasteiger partial charge in [0.1, 0.15) is 0 Å². The van der Waals surface area contributed by atoms with Crippen LogP contribution in [-0.2, 0) is 28.4 Å². The molecule has 0 saturated carbocycles. The van der Waals surface area contributed by atoms with Gasteiger partial charge in [-0.15, -0.1) is 22.8 Å². The van der Waals surface area contributed by atoms with E-state index in [1.54, 1.807) is 24.8 Å². The minimum atomic E-state index is 0. The van der Waals surface area contributed by atoms with Gasteiger partial charge in [0.15, 0.2) is 0 Å². The summed E-state index contributed by atoms with van der Waals surface area (Å²) in [4.78, 5) is 34.6. The van der Waals surface area contributed by atoms with Gasteiger partial charge in [-0.1, -0.05) is 48.5 Å². The van der Waals surface area contributed by atoms with Crippen molar-refractivity contribution in [1.29, 1.82) is 0 Å². The van der Waals surface area contributed by atoms with Gasteiger partial charge < -0.3 is 48.4 Å². The van der Waals surface area contributed by atoms with Crippen LogP contribution in [0.15, 0.2) is 93.3 Å². The van der Waals surface area contributed by atoms with Crippen LogP contribution >= 0.6 is 0 Å². The third-order valence-electron chi connectivity index (χ3n) is 10.3. The molecule has 0 aliphatic carbocycles. The zero-order valence-electron chi connectivity index (χ0n) is 41.6. The molecule has 10 rings (SSSR count). The monoisotopic (exact) mass is 1220 g/mol. The Kier molecular flexibility index (Phi) is 43.8. The van der Waals surface area contributed by atoms with E-state index in [2.05, 4.69) is 39.9 Å². The predicted octanol–water partition coefficient (Wildman–Crippen LogP) is 8.62. The second-order valence-corrected chi connectivity index (χ2v) is 15.9. The Morgan fingerprint density at radius 3 is 0.588 bits per heavy atom. The summed E-state index contributed by atoms with van der Waals surface area (Å²) < 4.78 is 29.7. The van der Waals surface area contributed by atoms with Crippen LogP contribution in [0.5, 0.6) is 0 Å². The van der Waals surface area contributed by atoms with Gasteiger partial charge in [-0.2, -0.15) is 24.8 Å². The molecule has 0 atom stereocenters. The van der Waals surface area contributed by atoms with Crippen molar-refractivity contribution in [1.82, 2.24) is 19.9 Å². The molecule has 14 nitrogen and oxygen atoms in total. The van der Waals surface area contributed by atoms with Gasteiger partial charge in [-0.3, -0.25) is 20.0 Å². The Labute approximate surface area is 473 Å². The van der Waals surface area contributed by atoms with Crippen LogP contribution in [0.2, 0.25) is 0 Å². The molecule has 4 aromatic heterocycles. The zero-order chi connectivity index (χ0) is 46.8. The summed E-state index contributed by atoms with van der Waals surface area (Å²) >= 11 is 0. The van der Waals surface area contributed by atoms with Gasteiger partial charge in [-0.05, 0) is 105 Å². The molecule has 6 aliphatic rings. The van der Waals surface area contributed by atoms with Crippen molar-refractivity contribution in [2.75, 3.05) is 105 Å². The molecule has 16 heteroatoms. The Balaban J connectivity index is 0.000000420. The molecule has 0 unspecified atom stereocenters. The number of aliphatic imine (C=N–C) groups is 4. The molecule has 0 aromatic carbocycles. The maximum Gasteiger partial charge on any atom is 0.0587 e. The fraction of sp³-hybridized carbons (Fsp3) is 0.615. The summed E-state index contributed by atoms with van der Waals surface area (Å²) in [6.07, 6.45) is 22.4. The summed E-state index contributed by atoms with van der Waals surface area (Å²) in [5.74, 6) is 0. The summed E-state index contributed by atoms with van der Waals surface area (Å²) in [7, 11) is 0. The normalized spacial score (nSPS) is 17.5. The average Bonchev–Trinajstić information content (AvgIpc) is 4.21. The minimum absolute atomic E-state index is 0. The van der Waals surface area contributed by atoms with Crippen molar-refractivity contribution in [3.8, 4) is 0 Å². The number of rotatable bonds is 10. The third kappa shape index (κ3) is 34.5. The van der Waals surface area contributed by atoms with Crippen molar-refractivity contribution < 1.29 is 109 Å². The molecular weight excluding hydrogens is 1130 g/mol. The van der Waals surface area contributed by atoms with E-state index in [0.717, 1.165) is 125 Å². The van der Waals surface area contributed by atoms with Crippen molar-refractivity contribution in [3.05, 3.63) is 96.1 Å². The standard InChI is InChI=1S/2C14H16N4.6C4H8O.2Sm/c2*1-11(13-5-3-7-17-13)15-9-10-16-12(2)14-6-4-8-18-14;6*1-2-4-5-3-1;;/h2*3-8H,9-10H2,1-2H3;6*1-4H2;;/q2*-2;;;;;;;;. The molecule has 10 heterocycles.